The molecule has 4 rings (SSSR count). The molecule has 0 spiro atoms. The molecule has 0 saturated heterocycles. The van der Waals surface area contributed by atoms with Gasteiger partial charge in [-0.3, -0.25) is 4.98 Å². The Balaban J connectivity index is 1.49. The second-order valence-electron chi connectivity index (χ2n) is 8.39. The van der Waals surface area contributed by atoms with Crippen LogP contribution in [-0.2, 0) is 0 Å². The average Bonchev–Trinajstić information content (AvgIpc) is 2.89. The van der Waals surface area contributed by atoms with Crippen molar-refractivity contribution in [3.63, 3.8) is 0 Å². The van der Waals surface area contributed by atoms with E-state index in [2.05, 4.69) is 25.8 Å². The first-order valence-electron chi connectivity index (χ1n) is 11.9. The van der Waals surface area contributed by atoms with Crippen LogP contribution >= 0.6 is 23.2 Å². The molecule has 2 amide bonds. The molecule has 0 radical (unpaired) electrons. The number of carbonyl (C=O) groups excluding carboxylic acids is 1. The summed E-state index contributed by atoms with van der Waals surface area (Å²) in [6.07, 6.45) is 0. The number of carbonyl (C=O) groups is 1. The van der Waals surface area contributed by atoms with Crippen molar-refractivity contribution in [3.8, 4) is 5.75 Å². The van der Waals surface area contributed by atoms with Crippen molar-refractivity contribution >= 4 is 68.6 Å². The van der Waals surface area contributed by atoms with E-state index in [0.717, 1.165) is 39.4 Å². The van der Waals surface area contributed by atoms with Crippen molar-refractivity contribution in [1.29, 1.82) is 0 Å². The lowest BCUT2D eigenvalue weighted by Crippen LogP contribution is -2.27. The van der Waals surface area contributed by atoms with Gasteiger partial charge >= 0.3 is 6.03 Å². The Bertz CT molecular complexity index is 1360. The topological polar surface area (TPSA) is 78.5 Å². The Hall–Kier alpha value is -3.68. The fraction of sp³-hybridized carbons (Fsp3) is 0.214. The normalized spacial score (nSPS) is 10.7. The number of halogens is 2. The molecule has 1 aromatic heterocycles. The minimum Gasteiger partial charge on any atom is -0.497 e. The number of nitrogens with zero attached hydrogens (tertiary/aromatic N) is 2. The lowest BCUT2D eigenvalue weighted by Gasteiger charge is -2.23. The summed E-state index contributed by atoms with van der Waals surface area (Å²) in [5, 5.41) is 10.1. The van der Waals surface area contributed by atoms with E-state index in [9.17, 15) is 4.79 Å². The summed E-state index contributed by atoms with van der Waals surface area (Å²) in [5.41, 5.74) is 5.81. The van der Waals surface area contributed by atoms with Gasteiger partial charge in [-0.05, 0) is 67.6 Å². The summed E-state index contributed by atoms with van der Waals surface area (Å²) < 4.78 is 5.34. The van der Waals surface area contributed by atoms with Crippen molar-refractivity contribution < 1.29 is 9.53 Å². The van der Waals surface area contributed by atoms with Crippen LogP contribution in [0, 0.1) is 6.92 Å². The van der Waals surface area contributed by atoms with E-state index >= 15 is 0 Å². The maximum atomic E-state index is 12.7. The molecule has 192 valence electrons. The summed E-state index contributed by atoms with van der Waals surface area (Å²) in [5.74, 6) is 1.78. The smallest absolute Gasteiger partial charge is 0.323 e. The molecule has 3 aromatic carbocycles. The number of amides is 2. The maximum absolute atomic E-state index is 12.7. The number of hydrogen-bond donors (Lipinski definition) is 3. The van der Waals surface area contributed by atoms with Crippen LogP contribution < -0.4 is 25.6 Å². The fourth-order valence-corrected chi connectivity index (χ4v) is 4.43. The molecular weight excluding hydrogens is 509 g/mol. The number of aromatic nitrogens is 1. The predicted octanol–water partition coefficient (Wildman–Crippen LogP) is 7.22. The first kappa shape index (κ1) is 26.4. The minimum atomic E-state index is -0.340. The number of nitrogens with one attached hydrogen (secondary N) is 3. The highest BCUT2D eigenvalue weighted by atomic mass is 35.5. The first-order valence-corrected chi connectivity index (χ1v) is 12.9. The second kappa shape index (κ2) is 12.5. The molecule has 0 atom stereocenters. The number of anilines is 5. The number of urea groups is 1. The van der Waals surface area contributed by atoms with Gasteiger partial charge in [0.25, 0.3) is 0 Å². The Morgan fingerprint density at radius 1 is 0.892 bits per heavy atom. The molecule has 37 heavy (non-hydrogen) atoms. The first-order chi connectivity index (χ1) is 18.0. The van der Waals surface area contributed by atoms with Gasteiger partial charge in [-0.2, -0.15) is 0 Å². The van der Waals surface area contributed by atoms with Gasteiger partial charge in [0.2, 0.25) is 0 Å². The van der Waals surface area contributed by atoms with E-state index in [1.807, 2.05) is 79.7 Å². The van der Waals surface area contributed by atoms with Gasteiger partial charge in [0.05, 0.1) is 12.6 Å². The Morgan fingerprint density at radius 3 is 2.30 bits per heavy atom. The van der Waals surface area contributed by atoms with Crippen molar-refractivity contribution in [1.82, 2.24) is 4.98 Å². The molecular formula is C28H29Cl2N5O2. The molecule has 0 aliphatic rings. The highest BCUT2D eigenvalue weighted by Gasteiger charge is 2.10. The number of aryl methyl sites for hydroxylation is 1. The molecule has 7 nitrogen and oxygen atoms in total. The SMILES string of the molecule is COc1cccc(Nc2cc(C)nc3ccc(NC(=O)Nc4ccc(N(CCCl)CCCl)cc4)cc23)c1. The van der Waals surface area contributed by atoms with Gasteiger partial charge < -0.3 is 25.6 Å². The summed E-state index contributed by atoms with van der Waals surface area (Å²) in [7, 11) is 1.64. The van der Waals surface area contributed by atoms with Gasteiger partial charge in [0.15, 0.2) is 0 Å². The van der Waals surface area contributed by atoms with Crippen LogP contribution in [0.15, 0.2) is 72.8 Å². The third-order valence-electron chi connectivity index (χ3n) is 5.74. The zero-order chi connectivity index (χ0) is 26.2. The van der Waals surface area contributed by atoms with E-state index in [-0.39, 0.29) is 6.03 Å². The molecule has 0 aliphatic carbocycles. The fourth-order valence-electron chi connectivity index (χ4n) is 4.02. The summed E-state index contributed by atoms with van der Waals surface area (Å²) >= 11 is 11.8. The standard InChI is InChI=1S/C28H29Cl2N5O2/c1-19-16-27(32-21-4-3-5-24(17-21)37-2)25-18-22(8-11-26(25)31-19)34-28(36)33-20-6-9-23(10-7-20)35(14-12-29)15-13-30/h3-11,16-18H,12-15H2,1-2H3,(H,31,32)(H2,33,34,36). The molecule has 0 aliphatic heterocycles. The van der Waals surface area contributed by atoms with Gasteiger partial charge in [-0.15, -0.1) is 23.2 Å². The van der Waals surface area contributed by atoms with Gasteiger partial charge in [0, 0.05) is 70.4 Å². The van der Waals surface area contributed by atoms with Crippen LogP contribution in [0.5, 0.6) is 5.75 Å². The van der Waals surface area contributed by atoms with Gasteiger partial charge in [0.1, 0.15) is 5.75 Å². The highest BCUT2D eigenvalue weighted by Crippen LogP contribution is 2.30. The van der Waals surface area contributed by atoms with Crippen LogP contribution in [0.25, 0.3) is 10.9 Å². The zero-order valence-electron chi connectivity index (χ0n) is 20.7. The summed E-state index contributed by atoms with van der Waals surface area (Å²) in [6.45, 7) is 3.35. The minimum absolute atomic E-state index is 0.340. The van der Waals surface area contributed by atoms with Crippen LogP contribution in [0.4, 0.5) is 33.2 Å². The number of fused-ring (bicyclic) bond motifs is 1. The second-order valence-corrected chi connectivity index (χ2v) is 9.15. The third kappa shape index (κ3) is 6.96. The van der Waals surface area contributed by atoms with Crippen molar-refractivity contribution in [2.24, 2.45) is 0 Å². The van der Waals surface area contributed by atoms with E-state index < -0.39 is 0 Å². The quantitative estimate of drug-likeness (QED) is 0.186. The van der Waals surface area contributed by atoms with Gasteiger partial charge in [-0.1, -0.05) is 6.07 Å². The van der Waals surface area contributed by atoms with E-state index in [1.165, 1.54) is 0 Å². The largest absolute Gasteiger partial charge is 0.497 e. The van der Waals surface area contributed by atoms with E-state index in [4.69, 9.17) is 27.9 Å². The lowest BCUT2D eigenvalue weighted by molar-refractivity contribution is 0.262. The molecule has 1 heterocycles. The predicted molar refractivity (Wildman–Crippen MR) is 155 cm³/mol. The molecule has 0 unspecified atom stereocenters. The van der Waals surface area contributed by atoms with E-state index in [1.54, 1.807) is 7.11 Å². The van der Waals surface area contributed by atoms with Crippen LogP contribution in [0.2, 0.25) is 0 Å². The zero-order valence-corrected chi connectivity index (χ0v) is 22.2. The summed E-state index contributed by atoms with van der Waals surface area (Å²) in [6, 6.07) is 22.6. The van der Waals surface area contributed by atoms with Crippen molar-refractivity contribution in [2.45, 2.75) is 6.92 Å². The number of benzene rings is 3. The molecule has 9 heteroatoms. The Labute approximate surface area is 226 Å². The number of alkyl halides is 2. The molecule has 0 bridgehead atoms. The average molecular weight is 538 g/mol. The Morgan fingerprint density at radius 2 is 1.59 bits per heavy atom. The monoisotopic (exact) mass is 537 g/mol. The number of pyridine rings is 1. The number of hydrogen-bond acceptors (Lipinski definition) is 5. The van der Waals surface area contributed by atoms with Crippen LogP contribution in [0.3, 0.4) is 0 Å². The molecule has 4 aromatic rings. The third-order valence-corrected chi connectivity index (χ3v) is 6.08. The highest BCUT2D eigenvalue weighted by molar-refractivity contribution is 6.18. The summed E-state index contributed by atoms with van der Waals surface area (Å²) in [4.78, 5) is 19.5. The van der Waals surface area contributed by atoms with E-state index in [0.29, 0.717) is 36.2 Å². The Kier molecular flexibility index (Phi) is 8.93. The number of rotatable bonds is 10. The van der Waals surface area contributed by atoms with Gasteiger partial charge in [-0.25, -0.2) is 4.79 Å². The van der Waals surface area contributed by atoms with Crippen LogP contribution in [0.1, 0.15) is 5.69 Å². The molecule has 0 saturated carbocycles. The lowest BCUT2D eigenvalue weighted by atomic mass is 10.1. The molecule has 0 fully saturated rings. The molecule has 3 N–H and O–H groups in total. The number of methoxy groups -OCH3 is 1. The van der Waals surface area contributed by atoms with Crippen molar-refractivity contribution in [2.75, 3.05) is 52.8 Å². The van der Waals surface area contributed by atoms with Crippen molar-refractivity contribution in [3.05, 3.63) is 78.5 Å². The maximum Gasteiger partial charge on any atom is 0.323 e. The van der Waals surface area contributed by atoms with Crippen LogP contribution in [-0.4, -0.2) is 43.0 Å². The number of ether oxygens (including phenoxy) is 1.